The van der Waals surface area contributed by atoms with Crippen LogP contribution in [0.1, 0.15) is 24.1 Å². The second-order valence-corrected chi connectivity index (χ2v) is 9.40. The monoisotopic (exact) mass is 475 g/mol. The van der Waals surface area contributed by atoms with Gasteiger partial charge in [0.2, 0.25) is 5.95 Å². The summed E-state index contributed by atoms with van der Waals surface area (Å²) in [6, 6.07) is 10.3. The van der Waals surface area contributed by atoms with Crippen LogP contribution in [0.4, 0.5) is 10.7 Å². The number of anilines is 1. The lowest BCUT2D eigenvalue weighted by Gasteiger charge is -2.32. The number of hydrogen-bond donors (Lipinski definition) is 3. The smallest absolute Gasteiger partial charge is 0.290 e. The van der Waals surface area contributed by atoms with Crippen LogP contribution in [-0.4, -0.2) is 50.9 Å². The molecule has 2 aliphatic heterocycles. The van der Waals surface area contributed by atoms with Crippen molar-refractivity contribution < 1.29 is 9.59 Å². The number of rotatable bonds is 7. The fraction of sp³-hybridized carbons (Fsp3) is 0.292. The maximum atomic E-state index is 11.8. The van der Waals surface area contributed by atoms with Crippen LogP contribution in [0.3, 0.4) is 0 Å². The first-order valence-electron chi connectivity index (χ1n) is 11.3. The highest BCUT2D eigenvalue weighted by molar-refractivity contribution is 8.18. The summed E-state index contributed by atoms with van der Waals surface area (Å²) < 4.78 is 0. The number of aromatic amines is 1. The minimum atomic E-state index is -0.378. The number of piperidine rings is 1. The number of nitrogens with one attached hydrogen (secondary N) is 3. The summed E-state index contributed by atoms with van der Waals surface area (Å²) >= 11 is 0.892. The molecule has 0 bridgehead atoms. The van der Waals surface area contributed by atoms with Gasteiger partial charge in [-0.1, -0.05) is 18.2 Å². The van der Waals surface area contributed by atoms with Gasteiger partial charge in [0.15, 0.2) is 0 Å². The predicted molar refractivity (Wildman–Crippen MR) is 132 cm³/mol. The highest BCUT2D eigenvalue weighted by atomic mass is 32.2. The number of carbonyl (C=O) groups excluding carboxylic acids is 2. The van der Waals surface area contributed by atoms with Crippen molar-refractivity contribution in [2.45, 2.75) is 19.4 Å². The highest BCUT2D eigenvalue weighted by Gasteiger charge is 2.25. The van der Waals surface area contributed by atoms with Crippen LogP contribution in [0.25, 0.3) is 17.2 Å². The zero-order valence-electron chi connectivity index (χ0n) is 18.5. The van der Waals surface area contributed by atoms with E-state index >= 15 is 0 Å². The molecule has 2 aromatic heterocycles. The van der Waals surface area contributed by atoms with Gasteiger partial charge in [-0.2, -0.15) is 5.10 Å². The lowest BCUT2D eigenvalue weighted by atomic mass is 9.97. The number of aromatic nitrogens is 4. The quantitative estimate of drug-likeness (QED) is 0.446. The van der Waals surface area contributed by atoms with Gasteiger partial charge in [-0.05, 0) is 66.4 Å². The van der Waals surface area contributed by atoms with Gasteiger partial charge in [-0.3, -0.25) is 20.0 Å². The molecular weight excluding hydrogens is 450 g/mol. The number of thioether (sulfide) groups is 1. The van der Waals surface area contributed by atoms with Gasteiger partial charge >= 0.3 is 0 Å². The van der Waals surface area contributed by atoms with Crippen molar-refractivity contribution in [1.29, 1.82) is 0 Å². The van der Waals surface area contributed by atoms with Gasteiger partial charge in [0.25, 0.3) is 11.1 Å². The van der Waals surface area contributed by atoms with Crippen LogP contribution in [-0.2, 0) is 11.3 Å². The average molecular weight is 476 g/mol. The van der Waals surface area contributed by atoms with Crippen LogP contribution < -0.4 is 15.5 Å². The van der Waals surface area contributed by atoms with E-state index in [2.05, 4.69) is 60.0 Å². The number of imide groups is 1. The first kappa shape index (κ1) is 22.3. The lowest BCUT2D eigenvalue weighted by Crippen LogP contribution is -2.38. The molecule has 0 saturated carbocycles. The molecule has 0 radical (unpaired) electrons. The molecule has 2 saturated heterocycles. The van der Waals surface area contributed by atoms with E-state index in [1.807, 2.05) is 12.4 Å². The third kappa shape index (κ3) is 5.35. The summed E-state index contributed by atoms with van der Waals surface area (Å²) in [5, 5.41) is 12.4. The van der Waals surface area contributed by atoms with Gasteiger partial charge in [-0.25, -0.2) is 9.97 Å². The average Bonchev–Trinajstić information content (AvgIpc) is 3.50. The molecular formula is C24H25N7O2S. The largest absolute Gasteiger partial charge is 0.341 e. The Kier molecular flexibility index (Phi) is 6.68. The lowest BCUT2D eigenvalue weighted by molar-refractivity contribution is -0.115. The Balaban J connectivity index is 1.11. The molecule has 2 aliphatic rings. The second-order valence-electron chi connectivity index (χ2n) is 8.38. The summed E-state index contributed by atoms with van der Waals surface area (Å²) in [5.74, 6) is 0.881. The molecule has 34 heavy (non-hydrogen) atoms. The van der Waals surface area contributed by atoms with Crippen LogP contribution in [0.2, 0.25) is 0 Å². The van der Waals surface area contributed by atoms with Crippen molar-refractivity contribution in [2.75, 3.05) is 24.5 Å². The molecule has 3 N–H and O–H groups in total. The molecule has 5 rings (SSSR count). The van der Waals surface area contributed by atoms with Crippen molar-refractivity contribution in [3.63, 3.8) is 0 Å². The first-order chi connectivity index (χ1) is 16.6. The van der Waals surface area contributed by atoms with E-state index in [9.17, 15) is 9.59 Å². The number of amides is 2. The van der Waals surface area contributed by atoms with E-state index in [0.717, 1.165) is 61.9 Å². The van der Waals surface area contributed by atoms with Crippen molar-refractivity contribution >= 4 is 34.9 Å². The molecule has 9 nitrogen and oxygen atoms in total. The number of benzene rings is 1. The van der Waals surface area contributed by atoms with E-state index in [4.69, 9.17) is 0 Å². The second kappa shape index (κ2) is 10.2. The van der Waals surface area contributed by atoms with Crippen LogP contribution >= 0.6 is 11.8 Å². The molecule has 1 aromatic carbocycles. The topological polar surface area (TPSA) is 116 Å². The molecule has 0 atom stereocenters. The maximum absolute atomic E-state index is 11.8. The summed E-state index contributed by atoms with van der Waals surface area (Å²) in [6.45, 7) is 3.57. The van der Waals surface area contributed by atoms with Gasteiger partial charge in [0.1, 0.15) is 0 Å². The van der Waals surface area contributed by atoms with Gasteiger partial charge in [0, 0.05) is 37.6 Å². The van der Waals surface area contributed by atoms with E-state index in [0.29, 0.717) is 22.5 Å². The highest BCUT2D eigenvalue weighted by Crippen LogP contribution is 2.26. The Labute approximate surface area is 201 Å². The minimum absolute atomic E-state index is 0.355. The molecule has 0 spiro atoms. The molecule has 174 valence electrons. The van der Waals surface area contributed by atoms with Gasteiger partial charge < -0.3 is 10.2 Å². The zero-order valence-corrected chi connectivity index (χ0v) is 19.3. The molecule has 3 aromatic rings. The van der Waals surface area contributed by atoms with Gasteiger partial charge in [0.05, 0.1) is 16.8 Å². The summed E-state index contributed by atoms with van der Waals surface area (Å²) in [4.78, 5) is 34.7. The summed E-state index contributed by atoms with van der Waals surface area (Å²) in [6.07, 6.45) is 9.19. The summed E-state index contributed by atoms with van der Waals surface area (Å²) in [5.41, 5.74) is 4.14. The zero-order chi connectivity index (χ0) is 23.3. The molecule has 0 aliphatic carbocycles. The Morgan fingerprint density at radius 1 is 1.18 bits per heavy atom. The number of nitrogens with zero attached hydrogens (tertiary/aromatic N) is 4. The first-order valence-corrected chi connectivity index (χ1v) is 12.1. The SMILES string of the molecule is O=C1NC(=O)/C(=C\c2ccnc(N3CCC(CNCc4cccc(-c5cn[nH]c5)c4)CC3)n2)S1. The van der Waals surface area contributed by atoms with E-state index in [-0.39, 0.29) is 11.1 Å². The molecule has 10 heteroatoms. The van der Waals surface area contributed by atoms with Crippen LogP contribution in [0, 0.1) is 5.92 Å². The predicted octanol–water partition coefficient (Wildman–Crippen LogP) is 3.20. The number of carbonyl (C=O) groups is 2. The number of H-pyrrole nitrogens is 1. The molecule has 0 unspecified atom stereocenters. The fourth-order valence-electron chi connectivity index (χ4n) is 4.18. The Morgan fingerprint density at radius 2 is 2.06 bits per heavy atom. The standard InChI is InChI=1S/C24H25N7O2S/c32-22-21(34-24(33)30-22)11-20-4-7-26-23(29-20)31-8-5-16(6-9-31)12-25-13-17-2-1-3-18(10-17)19-14-27-28-15-19/h1-4,7,10-11,14-16,25H,5-6,8-9,12-13H2,(H,27,28)(H,30,32,33)/b21-11+. The van der Waals surface area contributed by atoms with Crippen molar-refractivity contribution in [3.05, 3.63) is 65.1 Å². The Hall–Kier alpha value is -3.50. The van der Waals surface area contributed by atoms with Crippen LogP contribution in [0.15, 0.2) is 53.8 Å². The minimum Gasteiger partial charge on any atom is -0.341 e. The van der Waals surface area contributed by atoms with E-state index in [1.165, 1.54) is 5.56 Å². The Bertz CT molecular complexity index is 1200. The molecule has 4 heterocycles. The third-order valence-electron chi connectivity index (χ3n) is 6.00. The third-order valence-corrected chi connectivity index (χ3v) is 6.81. The van der Waals surface area contributed by atoms with E-state index < -0.39 is 0 Å². The van der Waals surface area contributed by atoms with Crippen LogP contribution in [0.5, 0.6) is 0 Å². The fourth-order valence-corrected chi connectivity index (χ4v) is 4.84. The maximum Gasteiger partial charge on any atom is 0.290 e. The van der Waals surface area contributed by atoms with Crippen molar-refractivity contribution in [3.8, 4) is 11.1 Å². The van der Waals surface area contributed by atoms with Crippen molar-refractivity contribution in [2.24, 2.45) is 5.92 Å². The van der Waals surface area contributed by atoms with Crippen molar-refractivity contribution in [1.82, 2.24) is 30.8 Å². The van der Waals surface area contributed by atoms with Gasteiger partial charge in [-0.15, -0.1) is 0 Å². The molecule has 2 fully saturated rings. The Morgan fingerprint density at radius 3 is 2.82 bits per heavy atom. The summed E-state index contributed by atoms with van der Waals surface area (Å²) in [7, 11) is 0. The van der Waals surface area contributed by atoms with E-state index in [1.54, 1.807) is 18.3 Å². The number of hydrogen-bond acceptors (Lipinski definition) is 8. The molecule has 2 amide bonds. The normalized spacial score (nSPS) is 18.0.